The van der Waals surface area contributed by atoms with Crippen LogP contribution in [0, 0.1) is 38.2 Å². The minimum atomic E-state index is -0.853. The van der Waals surface area contributed by atoms with Crippen molar-refractivity contribution >= 4 is 0 Å². The molecule has 4 bridgehead atoms. The van der Waals surface area contributed by atoms with Gasteiger partial charge in [-0.15, -0.1) is 5.01 Å². The van der Waals surface area contributed by atoms with Crippen LogP contribution in [0.5, 0.6) is 0 Å². The van der Waals surface area contributed by atoms with E-state index in [0.29, 0.717) is 18.9 Å². The molecule has 16 heavy (non-hydrogen) atoms. The summed E-state index contributed by atoms with van der Waals surface area (Å²) < 4.78 is 0. The first kappa shape index (κ1) is 9.88. The van der Waals surface area contributed by atoms with E-state index in [1.807, 2.05) is 0 Å². The number of hydrogen-bond donors (Lipinski definition) is 0. The predicted octanol–water partition coefficient (Wildman–Crippen LogP) is 1.58. The summed E-state index contributed by atoms with van der Waals surface area (Å²) in [5.41, 5.74) is -1.10. The summed E-state index contributed by atoms with van der Waals surface area (Å²) in [7, 11) is 0. The van der Waals surface area contributed by atoms with Crippen LogP contribution in [-0.2, 0) is 0 Å². The quantitative estimate of drug-likeness (QED) is 0.498. The van der Waals surface area contributed by atoms with Crippen LogP contribution < -0.4 is 0 Å². The first-order valence-corrected chi connectivity index (χ1v) is 5.74. The van der Waals surface area contributed by atoms with Crippen LogP contribution in [0.4, 0.5) is 0 Å². The molecule has 0 amide bonds. The molecule has 4 atom stereocenters. The van der Waals surface area contributed by atoms with Gasteiger partial charge in [-0.25, -0.2) is 10.1 Å². The highest BCUT2D eigenvalue weighted by Crippen LogP contribution is 2.75. The number of nitriles is 1. The summed E-state index contributed by atoms with van der Waals surface area (Å²) in [6.07, 6.45) is 2.76. The largest absolute Gasteiger partial charge is 0.235 e. The molecule has 1 aliphatic heterocycles. The number of rotatable bonds is 1. The number of nitro groups is 1. The van der Waals surface area contributed by atoms with Gasteiger partial charge < -0.3 is 0 Å². The van der Waals surface area contributed by atoms with E-state index in [2.05, 4.69) is 19.9 Å². The van der Waals surface area contributed by atoms with Crippen LogP contribution in [0.15, 0.2) is 0 Å². The maximum atomic E-state index is 11.1. The zero-order valence-electron chi connectivity index (χ0n) is 9.56. The number of nitrogens with zero attached hydrogens (tertiary/aromatic N) is 3. The van der Waals surface area contributed by atoms with E-state index >= 15 is 0 Å². The number of piperidine rings is 1. The molecule has 0 aromatic rings. The molecule has 0 unspecified atom stereocenters. The third-order valence-corrected chi connectivity index (χ3v) is 5.91. The molecule has 1 heterocycles. The third kappa shape index (κ3) is 0.649. The van der Waals surface area contributed by atoms with Crippen molar-refractivity contribution in [2.75, 3.05) is 6.54 Å². The normalized spacial score (nSPS) is 53.1. The molecule has 0 spiro atoms. The molecule has 1 saturated heterocycles. The lowest BCUT2D eigenvalue weighted by Gasteiger charge is -2.37. The predicted molar refractivity (Wildman–Crippen MR) is 55.6 cm³/mol. The Balaban J connectivity index is 2.19. The van der Waals surface area contributed by atoms with E-state index in [-0.39, 0.29) is 15.9 Å². The van der Waals surface area contributed by atoms with Crippen LogP contribution in [0.1, 0.15) is 33.1 Å². The van der Waals surface area contributed by atoms with Crippen molar-refractivity contribution in [2.45, 2.75) is 38.6 Å². The summed E-state index contributed by atoms with van der Waals surface area (Å²) in [5, 5.41) is 21.4. The van der Waals surface area contributed by atoms with Crippen LogP contribution in [-0.4, -0.2) is 22.1 Å². The number of hydrazine groups is 1. The van der Waals surface area contributed by atoms with Crippen LogP contribution in [0.2, 0.25) is 0 Å². The second-order valence-electron chi connectivity index (χ2n) is 5.96. The van der Waals surface area contributed by atoms with Gasteiger partial charge in [0.15, 0.2) is 10.6 Å². The van der Waals surface area contributed by atoms with Crippen LogP contribution >= 0.6 is 0 Å². The van der Waals surface area contributed by atoms with Crippen molar-refractivity contribution < 1.29 is 5.03 Å². The Hall–Kier alpha value is -1.31. The van der Waals surface area contributed by atoms with Gasteiger partial charge in [0.05, 0.1) is 12.6 Å². The van der Waals surface area contributed by atoms with E-state index in [4.69, 9.17) is 0 Å². The average Bonchev–Trinajstić information content (AvgIpc) is 2.68. The fraction of sp³-hybridized carbons (Fsp3) is 0.909. The van der Waals surface area contributed by atoms with Gasteiger partial charge in [-0.05, 0) is 25.2 Å². The Morgan fingerprint density at radius 3 is 2.75 bits per heavy atom. The molecule has 0 N–H and O–H groups in total. The van der Waals surface area contributed by atoms with Gasteiger partial charge in [0.25, 0.3) is 0 Å². The van der Waals surface area contributed by atoms with E-state index in [1.165, 1.54) is 5.01 Å². The van der Waals surface area contributed by atoms with Crippen molar-refractivity contribution in [3.8, 4) is 6.07 Å². The molecule has 3 rings (SSSR count). The van der Waals surface area contributed by atoms with E-state index in [9.17, 15) is 15.4 Å². The van der Waals surface area contributed by atoms with Gasteiger partial charge in [0.1, 0.15) is 0 Å². The van der Waals surface area contributed by atoms with Crippen molar-refractivity contribution in [1.29, 1.82) is 5.26 Å². The van der Waals surface area contributed by atoms with E-state index in [0.717, 1.165) is 12.8 Å². The second kappa shape index (κ2) is 2.34. The maximum Gasteiger partial charge on any atom is 0.192 e. The Morgan fingerprint density at radius 2 is 2.25 bits per heavy atom. The minimum Gasteiger partial charge on any atom is -0.235 e. The zero-order valence-corrected chi connectivity index (χ0v) is 9.56. The molecule has 5 heteroatoms. The first-order chi connectivity index (χ1) is 7.41. The second-order valence-corrected chi connectivity index (χ2v) is 5.96. The van der Waals surface area contributed by atoms with Gasteiger partial charge in [-0.1, -0.05) is 13.8 Å². The lowest BCUT2D eigenvalue weighted by molar-refractivity contribution is -0.671. The van der Waals surface area contributed by atoms with Gasteiger partial charge >= 0.3 is 0 Å². The molecule has 0 radical (unpaired) electrons. The standard InChI is InChI=1S/C11H15N3O2/c1-9-7-13(14(15)16)11(6-12)5-8(9)3-4-10(9,11)2/h8H,3-5,7H2,1-2H3/t8-,9-,10+,11-/m1/s1. The molecule has 3 fully saturated rings. The zero-order chi connectivity index (χ0) is 11.8. The third-order valence-electron chi connectivity index (χ3n) is 5.91. The maximum absolute atomic E-state index is 11.1. The van der Waals surface area contributed by atoms with E-state index < -0.39 is 5.54 Å². The molecule has 2 aliphatic carbocycles. The Morgan fingerprint density at radius 1 is 1.56 bits per heavy atom. The molecular weight excluding hydrogens is 206 g/mol. The fourth-order valence-corrected chi connectivity index (χ4v) is 4.67. The van der Waals surface area contributed by atoms with Crippen molar-refractivity contribution in [3.63, 3.8) is 0 Å². The lowest BCUT2D eigenvalue weighted by Crippen LogP contribution is -2.54. The highest BCUT2D eigenvalue weighted by atomic mass is 16.7. The van der Waals surface area contributed by atoms with Gasteiger partial charge in [-0.3, -0.25) is 0 Å². The summed E-state index contributed by atoms with van der Waals surface area (Å²) >= 11 is 0. The molecule has 5 nitrogen and oxygen atoms in total. The SMILES string of the molecule is C[C@@]12CC[C@@H]3C[C@]1(C#N)N([N+](=O)[O-])C[C@]32C. The van der Waals surface area contributed by atoms with Crippen molar-refractivity contribution in [1.82, 2.24) is 5.01 Å². The topological polar surface area (TPSA) is 70.2 Å². The fourth-order valence-electron chi connectivity index (χ4n) is 4.67. The molecule has 2 saturated carbocycles. The van der Waals surface area contributed by atoms with Crippen molar-refractivity contribution in [3.05, 3.63) is 10.1 Å². The Labute approximate surface area is 94.1 Å². The molecule has 0 aromatic heterocycles. The highest BCUT2D eigenvalue weighted by molar-refractivity contribution is 5.34. The molecule has 0 aromatic carbocycles. The Bertz CT molecular complexity index is 431. The highest BCUT2D eigenvalue weighted by Gasteiger charge is 2.81. The van der Waals surface area contributed by atoms with E-state index in [1.54, 1.807) is 0 Å². The molecule has 86 valence electrons. The lowest BCUT2D eigenvalue weighted by atomic mass is 9.66. The number of hydrogen-bond acceptors (Lipinski definition) is 3. The van der Waals surface area contributed by atoms with Gasteiger partial charge in [0, 0.05) is 10.8 Å². The van der Waals surface area contributed by atoms with Crippen molar-refractivity contribution in [2.24, 2.45) is 16.7 Å². The minimum absolute atomic E-state index is 0.0458. The Kier molecular flexibility index (Phi) is 1.45. The summed E-state index contributed by atoms with van der Waals surface area (Å²) in [6.45, 7) is 4.65. The monoisotopic (exact) mass is 221 g/mol. The van der Waals surface area contributed by atoms with Gasteiger partial charge in [0.2, 0.25) is 0 Å². The molecular formula is C11H15N3O2. The summed E-state index contributed by atoms with van der Waals surface area (Å²) in [5.74, 6) is 0.494. The van der Waals surface area contributed by atoms with Crippen LogP contribution in [0.25, 0.3) is 0 Å². The molecule has 3 aliphatic rings. The average molecular weight is 221 g/mol. The summed E-state index contributed by atoms with van der Waals surface area (Å²) in [6, 6.07) is 2.28. The first-order valence-electron chi connectivity index (χ1n) is 5.74. The van der Waals surface area contributed by atoms with Crippen LogP contribution in [0.3, 0.4) is 0 Å². The summed E-state index contributed by atoms with van der Waals surface area (Å²) in [4.78, 5) is 11.1. The smallest absolute Gasteiger partial charge is 0.192 e. The van der Waals surface area contributed by atoms with Gasteiger partial charge in [-0.2, -0.15) is 5.26 Å².